The monoisotopic (exact) mass is 269 g/mol. The standard InChI is InChI=1S/C13H18BN6/c1-13(2)12-14(18-9-3-6-15-18,19-10-4-7-16-19)20-11-5-8-17-20/h3-11,13H,12H2,1-2H3/q-1. The number of hydrogen-bond acceptors (Lipinski definition) is 3. The van der Waals surface area contributed by atoms with Gasteiger partial charge in [-0.3, -0.25) is 0 Å². The van der Waals surface area contributed by atoms with E-state index in [9.17, 15) is 0 Å². The second-order valence-electron chi connectivity index (χ2n) is 5.48. The molecule has 0 aliphatic carbocycles. The molecule has 0 atom stereocenters. The molecular weight excluding hydrogens is 251 g/mol. The highest BCUT2D eigenvalue weighted by Crippen LogP contribution is 2.21. The van der Waals surface area contributed by atoms with Gasteiger partial charge in [0.25, 0.3) is 0 Å². The summed E-state index contributed by atoms with van der Waals surface area (Å²) < 4.78 is 5.92. The van der Waals surface area contributed by atoms with Crippen molar-refractivity contribution in [3.05, 3.63) is 55.4 Å². The molecule has 0 fully saturated rings. The van der Waals surface area contributed by atoms with Crippen molar-refractivity contribution in [1.29, 1.82) is 0 Å². The molecular formula is C13H18BN6-. The zero-order valence-electron chi connectivity index (χ0n) is 11.7. The largest absolute Gasteiger partial charge is 0.400 e. The van der Waals surface area contributed by atoms with Crippen LogP contribution in [0.4, 0.5) is 0 Å². The first-order valence-electron chi connectivity index (χ1n) is 6.89. The van der Waals surface area contributed by atoms with Crippen molar-refractivity contribution in [2.45, 2.75) is 20.2 Å². The molecule has 3 heterocycles. The Kier molecular flexibility index (Phi) is 3.18. The van der Waals surface area contributed by atoms with E-state index in [0.29, 0.717) is 5.92 Å². The lowest BCUT2D eigenvalue weighted by atomic mass is 9.53. The van der Waals surface area contributed by atoms with Crippen LogP contribution in [0.25, 0.3) is 0 Å². The molecule has 7 heteroatoms. The second-order valence-corrected chi connectivity index (χ2v) is 5.48. The van der Waals surface area contributed by atoms with Gasteiger partial charge in [0.1, 0.15) is 0 Å². The van der Waals surface area contributed by atoms with Crippen molar-refractivity contribution >= 4 is 6.55 Å². The number of rotatable bonds is 5. The van der Waals surface area contributed by atoms with Crippen LogP contribution in [0.5, 0.6) is 0 Å². The summed E-state index contributed by atoms with van der Waals surface area (Å²) >= 11 is 0. The lowest BCUT2D eigenvalue weighted by molar-refractivity contribution is 0.634. The molecule has 3 aromatic heterocycles. The van der Waals surface area contributed by atoms with Crippen LogP contribution >= 0.6 is 0 Å². The van der Waals surface area contributed by atoms with Gasteiger partial charge in [0.05, 0.1) is 0 Å². The summed E-state index contributed by atoms with van der Waals surface area (Å²) in [5, 5.41) is 13.4. The Labute approximate surface area is 118 Å². The van der Waals surface area contributed by atoms with Crippen molar-refractivity contribution in [3.8, 4) is 0 Å². The molecule has 0 spiro atoms. The highest BCUT2D eigenvalue weighted by atomic mass is 15.5. The quantitative estimate of drug-likeness (QED) is 0.664. The third kappa shape index (κ3) is 1.95. The van der Waals surface area contributed by atoms with E-state index in [1.807, 2.05) is 50.6 Å². The van der Waals surface area contributed by atoms with E-state index in [1.165, 1.54) is 0 Å². The van der Waals surface area contributed by atoms with E-state index in [-0.39, 0.29) is 0 Å². The van der Waals surface area contributed by atoms with Crippen LogP contribution in [0.2, 0.25) is 6.32 Å². The number of hydrogen-bond donors (Lipinski definition) is 0. The molecule has 0 saturated carbocycles. The molecule has 0 aromatic carbocycles. The topological polar surface area (TPSA) is 53.5 Å². The molecule has 0 amide bonds. The van der Waals surface area contributed by atoms with Gasteiger partial charge in [-0.1, -0.05) is 19.8 Å². The van der Waals surface area contributed by atoms with Gasteiger partial charge in [0.2, 0.25) is 0 Å². The zero-order valence-corrected chi connectivity index (χ0v) is 11.7. The van der Waals surface area contributed by atoms with Crippen LogP contribution < -0.4 is 0 Å². The maximum atomic E-state index is 4.48. The van der Waals surface area contributed by atoms with E-state index >= 15 is 0 Å². The summed E-state index contributed by atoms with van der Waals surface area (Å²) in [4.78, 5) is 0. The van der Waals surface area contributed by atoms with Crippen molar-refractivity contribution in [3.63, 3.8) is 0 Å². The summed E-state index contributed by atoms with van der Waals surface area (Å²) in [6.07, 6.45) is 12.2. The van der Waals surface area contributed by atoms with Gasteiger partial charge in [-0.25, -0.2) is 15.3 Å². The van der Waals surface area contributed by atoms with Gasteiger partial charge >= 0.3 is 6.55 Å². The molecule has 104 valence electrons. The van der Waals surface area contributed by atoms with Crippen molar-refractivity contribution in [2.24, 2.45) is 5.92 Å². The Balaban J connectivity index is 2.24. The molecule has 0 bridgehead atoms. The third-order valence-electron chi connectivity index (χ3n) is 3.63. The third-order valence-corrected chi connectivity index (χ3v) is 3.63. The van der Waals surface area contributed by atoms with Crippen molar-refractivity contribution in [2.75, 3.05) is 0 Å². The minimum absolute atomic E-state index is 0.479. The first-order valence-corrected chi connectivity index (χ1v) is 6.89. The fraction of sp³-hybridized carbons (Fsp3) is 0.308. The van der Waals surface area contributed by atoms with E-state index in [4.69, 9.17) is 0 Å². The Bertz CT molecular complexity index is 542. The molecule has 6 nitrogen and oxygen atoms in total. The Hall–Kier alpha value is -2.31. The minimum Gasteiger partial charge on any atom is -0.400 e. The Morgan fingerprint density at radius 2 is 1.20 bits per heavy atom. The van der Waals surface area contributed by atoms with Crippen LogP contribution in [-0.4, -0.2) is 35.6 Å². The first-order chi connectivity index (χ1) is 9.73. The van der Waals surface area contributed by atoms with E-state index in [0.717, 1.165) is 6.32 Å². The van der Waals surface area contributed by atoms with Crippen molar-refractivity contribution < 1.29 is 0 Å². The lowest BCUT2D eigenvalue weighted by Crippen LogP contribution is -2.59. The first kappa shape index (κ1) is 12.7. The highest BCUT2D eigenvalue weighted by molar-refractivity contribution is 6.74. The highest BCUT2D eigenvalue weighted by Gasteiger charge is 2.35. The Morgan fingerprint density at radius 1 is 0.800 bits per heavy atom. The normalized spacial score (nSPS) is 12.2. The number of nitrogens with zero attached hydrogens (tertiary/aromatic N) is 6. The molecule has 20 heavy (non-hydrogen) atoms. The fourth-order valence-electron chi connectivity index (χ4n) is 2.90. The van der Waals surface area contributed by atoms with Crippen molar-refractivity contribution in [1.82, 2.24) is 29.1 Å². The maximum absolute atomic E-state index is 4.48. The molecule has 0 N–H and O–H groups in total. The van der Waals surface area contributed by atoms with Crippen LogP contribution in [0, 0.1) is 5.92 Å². The summed E-state index contributed by atoms with van der Waals surface area (Å²) in [5.74, 6) is 0.479. The zero-order chi connectivity index (χ0) is 14.0. The predicted octanol–water partition coefficient (Wildman–Crippen LogP) is 1.82. The summed E-state index contributed by atoms with van der Waals surface area (Å²) in [6.45, 7) is 2.99. The summed E-state index contributed by atoms with van der Waals surface area (Å²) in [7, 11) is 0. The minimum atomic E-state index is -1.41. The van der Waals surface area contributed by atoms with Crippen LogP contribution in [0.1, 0.15) is 13.8 Å². The van der Waals surface area contributed by atoms with Gasteiger partial charge < -0.3 is 13.8 Å². The molecule has 0 aliphatic heterocycles. The molecule has 0 aliphatic rings. The average Bonchev–Trinajstić information content (AvgIpc) is 3.15. The maximum Gasteiger partial charge on any atom is 0.340 e. The molecule has 0 radical (unpaired) electrons. The Morgan fingerprint density at radius 3 is 1.45 bits per heavy atom. The number of aromatic nitrogens is 6. The van der Waals surface area contributed by atoms with E-state index in [1.54, 1.807) is 18.6 Å². The SMILES string of the molecule is CC(C)C[B-](n1cccn1)(n1cccn1)n1cccn1. The molecule has 0 saturated heterocycles. The second kappa shape index (κ2) is 4.99. The van der Waals surface area contributed by atoms with Gasteiger partial charge in [-0.05, 0) is 36.8 Å². The van der Waals surface area contributed by atoms with Gasteiger partial charge in [0.15, 0.2) is 0 Å². The van der Waals surface area contributed by atoms with Crippen LogP contribution in [0.3, 0.4) is 0 Å². The van der Waals surface area contributed by atoms with Crippen LogP contribution in [-0.2, 0) is 0 Å². The molecule has 3 aromatic rings. The fourth-order valence-corrected chi connectivity index (χ4v) is 2.90. The smallest absolute Gasteiger partial charge is 0.340 e. The van der Waals surface area contributed by atoms with E-state index in [2.05, 4.69) is 29.1 Å². The molecule has 3 rings (SSSR count). The van der Waals surface area contributed by atoms with Gasteiger partial charge in [0, 0.05) is 18.6 Å². The van der Waals surface area contributed by atoms with E-state index < -0.39 is 6.55 Å². The summed E-state index contributed by atoms with van der Waals surface area (Å²) in [5.41, 5.74) is 0. The van der Waals surface area contributed by atoms with Gasteiger partial charge in [-0.15, -0.1) is 6.32 Å². The predicted molar refractivity (Wildman–Crippen MR) is 78.3 cm³/mol. The van der Waals surface area contributed by atoms with Crippen LogP contribution in [0.15, 0.2) is 55.4 Å². The van der Waals surface area contributed by atoms with Gasteiger partial charge in [-0.2, -0.15) is 0 Å². The molecule has 0 unspecified atom stereocenters. The average molecular weight is 269 g/mol. The lowest BCUT2D eigenvalue weighted by Gasteiger charge is -2.42. The summed E-state index contributed by atoms with van der Waals surface area (Å²) in [6, 6.07) is 5.80.